The molecule has 1 N–H and O–H groups in total. The third-order valence-corrected chi connectivity index (χ3v) is 3.59. The summed E-state index contributed by atoms with van der Waals surface area (Å²) in [5, 5.41) is 10.1. The number of aliphatic carboxylic acids is 1. The Kier molecular flexibility index (Phi) is 4.54. The number of carboxylic acids is 1. The second kappa shape index (κ2) is 5.48. The van der Waals surface area contributed by atoms with Crippen LogP contribution in [0, 0.1) is 0 Å². The minimum Gasteiger partial charge on any atom is -0.481 e. The van der Waals surface area contributed by atoms with Crippen LogP contribution in [0.4, 0.5) is 0 Å². The van der Waals surface area contributed by atoms with Crippen molar-refractivity contribution in [2.45, 2.75) is 37.4 Å². The molecule has 1 atom stereocenters. The molecule has 1 rings (SSSR count). The fourth-order valence-corrected chi connectivity index (χ4v) is 2.22. The van der Waals surface area contributed by atoms with E-state index in [-0.39, 0.29) is 0 Å². The number of rotatable bonds is 5. The van der Waals surface area contributed by atoms with Crippen molar-refractivity contribution >= 4 is 21.9 Å². The van der Waals surface area contributed by atoms with Gasteiger partial charge < -0.3 is 5.11 Å². The van der Waals surface area contributed by atoms with Crippen LogP contribution < -0.4 is 0 Å². The Morgan fingerprint density at radius 2 is 2.19 bits per heavy atom. The minimum absolute atomic E-state index is 0.661. The summed E-state index contributed by atoms with van der Waals surface area (Å²) in [7, 11) is 0. The van der Waals surface area contributed by atoms with Gasteiger partial charge in [-0.1, -0.05) is 53.5 Å². The number of halogens is 1. The first-order chi connectivity index (χ1) is 7.54. The van der Waals surface area contributed by atoms with E-state index in [1.807, 2.05) is 31.2 Å². The Morgan fingerprint density at radius 3 is 2.69 bits per heavy atom. The minimum atomic E-state index is -0.771. The zero-order valence-corrected chi connectivity index (χ0v) is 11.3. The lowest BCUT2D eigenvalue weighted by molar-refractivity contribution is -0.143. The highest BCUT2D eigenvalue weighted by Gasteiger charge is 2.34. The van der Waals surface area contributed by atoms with Crippen LogP contribution >= 0.6 is 15.9 Å². The first-order valence-corrected chi connectivity index (χ1v) is 6.55. The van der Waals surface area contributed by atoms with Gasteiger partial charge in [0.1, 0.15) is 0 Å². The van der Waals surface area contributed by atoms with Crippen molar-refractivity contribution < 1.29 is 9.90 Å². The maximum atomic E-state index is 11.4. The second-order valence-electron chi connectivity index (χ2n) is 4.22. The highest BCUT2D eigenvalue weighted by atomic mass is 79.9. The van der Waals surface area contributed by atoms with Gasteiger partial charge in [-0.2, -0.15) is 0 Å². The zero-order valence-electron chi connectivity index (χ0n) is 9.66. The summed E-state index contributed by atoms with van der Waals surface area (Å²) < 4.78 is 0. The molecule has 0 heterocycles. The van der Waals surface area contributed by atoms with Crippen molar-refractivity contribution in [2.75, 3.05) is 0 Å². The third kappa shape index (κ3) is 2.64. The number of carboxylic acid groups (broad SMARTS) is 1. The molecule has 1 aromatic rings. The van der Waals surface area contributed by atoms with Gasteiger partial charge in [-0.25, -0.2) is 0 Å². The van der Waals surface area contributed by atoms with E-state index in [0.717, 1.165) is 22.9 Å². The number of hydrogen-bond donors (Lipinski definition) is 1. The maximum Gasteiger partial charge on any atom is 0.313 e. The predicted octanol–water partition coefficient (Wildman–Crippen LogP) is 3.72. The van der Waals surface area contributed by atoms with E-state index in [9.17, 15) is 9.90 Å². The van der Waals surface area contributed by atoms with Crippen molar-refractivity contribution in [3.8, 4) is 0 Å². The van der Waals surface area contributed by atoms with Crippen LogP contribution in [-0.2, 0) is 15.5 Å². The van der Waals surface area contributed by atoms with E-state index in [1.54, 1.807) is 6.92 Å². The van der Waals surface area contributed by atoms with E-state index in [0.29, 0.717) is 6.42 Å². The van der Waals surface area contributed by atoms with Crippen LogP contribution in [0.5, 0.6) is 0 Å². The van der Waals surface area contributed by atoms with Crippen molar-refractivity contribution in [1.29, 1.82) is 0 Å². The molecule has 0 aliphatic carbocycles. The van der Waals surface area contributed by atoms with Gasteiger partial charge >= 0.3 is 5.97 Å². The molecule has 0 spiro atoms. The van der Waals surface area contributed by atoms with Crippen LogP contribution in [0.25, 0.3) is 0 Å². The maximum absolute atomic E-state index is 11.4. The van der Waals surface area contributed by atoms with Gasteiger partial charge in [0.15, 0.2) is 0 Å². The molecule has 0 fully saturated rings. The van der Waals surface area contributed by atoms with E-state index in [2.05, 4.69) is 15.9 Å². The topological polar surface area (TPSA) is 37.3 Å². The number of hydrogen-bond acceptors (Lipinski definition) is 1. The van der Waals surface area contributed by atoms with Crippen molar-refractivity contribution in [1.82, 2.24) is 0 Å². The number of alkyl halides is 1. The first-order valence-electron chi connectivity index (χ1n) is 5.43. The van der Waals surface area contributed by atoms with Crippen molar-refractivity contribution in [2.24, 2.45) is 0 Å². The fraction of sp³-hybridized carbons (Fsp3) is 0.462. The van der Waals surface area contributed by atoms with Gasteiger partial charge in [-0.3, -0.25) is 4.79 Å². The Hall–Kier alpha value is -0.830. The van der Waals surface area contributed by atoms with Crippen molar-refractivity contribution in [3.63, 3.8) is 0 Å². The SMILES string of the molecule is CCCC(C)(C(=O)O)c1cccc(CBr)c1. The third-order valence-electron chi connectivity index (χ3n) is 2.94. The molecule has 0 bridgehead atoms. The first kappa shape index (κ1) is 13.2. The fourth-order valence-electron chi connectivity index (χ4n) is 1.87. The van der Waals surface area contributed by atoms with Crippen LogP contribution in [0.2, 0.25) is 0 Å². The molecule has 3 heteroatoms. The van der Waals surface area contributed by atoms with E-state index in [1.165, 1.54) is 0 Å². The molecule has 0 saturated carbocycles. The molecule has 0 amide bonds. The highest BCUT2D eigenvalue weighted by Crippen LogP contribution is 2.30. The van der Waals surface area contributed by atoms with E-state index >= 15 is 0 Å². The Bertz CT molecular complexity index is 376. The molecular weight excluding hydrogens is 268 g/mol. The molecule has 0 aliphatic heterocycles. The summed E-state index contributed by atoms with van der Waals surface area (Å²) in [5.41, 5.74) is 1.23. The number of benzene rings is 1. The molecule has 0 aromatic heterocycles. The zero-order chi connectivity index (χ0) is 12.2. The van der Waals surface area contributed by atoms with Gasteiger partial charge in [0.2, 0.25) is 0 Å². The quantitative estimate of drug-likeness (QED) is 0.837. The lowest BCUT2D eigenvalue weighted by Crippen LogP contribution is -2.32. The Labute approximate surface area is 105 Å². The molecule has 1 unspecified atom stereocenters. The molecule has 2 nitrogen and oxygen atoms in total. The second-order valence-corrected chi connectivity index (χ2v) is 4.78. The van der Waals surface area contributed by atoms with Gasteiger partial charge in [-0.05, 0) is 24.5 Å². The monoisotopic (exact) mass is 284 g/mol. The summed E-state index contributed by atoms with van der Waals surface area (Å²) in [6.07, 6.45) is 1.52. The van der Waals surface area contributed by atoms with E-state index in [4.69, 9.17) is 0 Å². The van der Waals surface area contributed by atoms with E-state index < -0.39 is 11.4 Å². The van der Waals surface area contributed by atoms with Gasteiger partial charge in [0, 0.05) is 5.33 Å². The summed E-state index contributed by atoms with van der Waals surface area (Å²) in [4.78, 5) is 11.4. The van der Waals surface area contributed by atoms with Crippen LogP contribution in [0.15, 0.2) is 24.3 Å². The Balaban J connectivity index is 3.15. The largest absolute Gasteiger partial charge is 0.481 e. The molecule has 88 valence electrons. The molecule has 16 heavy (non-hydrogen) atoms. The van der Waals surface area contributed by atoms with Gasteiger partial charge in [0.05, 0.1) is 5.41 Å². The summed E-state index contributed by atoms with van der Waals surface area (Å²) >= 11 is 3.39. The molecule has 0 aliphatic rings. The Morgan fingerprint density at radius 1 is 1.50 bits per heavy atom. The summed E-state index contributed by atoms with van der Waals surface area (Å²) in [6, 6.07) is 7.78. The van der Waals surface area contributed by atoms with Crippen LogP contribution in [0.1, 0.15) is 37.8 Å². The highest BCUT2D eigenvalue weighted by molar-refractivity contribution is 9.08. The van der Waals surface area contributed by atoms with Crippen LogP contribution in [0.3, 0.4) is 0 Å². The lowest BCUT2D eigenvalue weighted by Gasteiger charge is -2.25. The lowest BCUT2D eigenvalue weighted by atomic mass is 9.78. The standard InChI is InChI=1S/C13H17BrO2/c1-3-7-13(2,12(15)16)11-6-4-5-10(8-11)9-14/h4-6,8H,3,7,9H2,1-2H3,(H,15,16). The van der Waals surface area contributed by atoms with Gasteiger partial charge in [0.25, 0.3) is 0 Å². The summed E-state index contributed by atoms with van der Waals surface area (Å²) in [5.74, 6) is -0.749. The smallest absolute Gasteiger partial charge is 0.313 e. The normalized spacial score (nSPS) is 14.4. The predicted molar refractivity (Wildman–Crippen MR) is 69.0 cm³/mol. The average molecular weight is 285 g/mol. The summed E-state index contributed by atoms with van der Waals surface area (Å²) in [6.45, 7) is 3.81. The number of carbonyl (C=O) groups is 1. The average Bonchev–Trinajstić information content (AvgIpc) is 2.29. The van der Waals surface area contributed by atoms with Gasteiger partial charge in [-0.15, -0.1) is 0 Å². The molecule has 0 saturated heterocycles. The molecule has 1 aromatic carbocycles. The molecular formula is C13H17BrO2. The van der Waals surface area contributed by atoms with Crippen LogP contribution in [-0.4, -0.2) is 11.1 Å². The van der Waals surface area contributed by atoms with Crippen molar-refractivity contribution in [3.05, 3.63) is 35.4 Å². The molecule has 0 radical (unpaired) electrons.